The van der Waals surface area contributed by atoms with Gasteiger partial charge < -0.3 is 4.90 Å². The zero-order chi connectivity index (χ0) is 19.6. The molecular weight excluding hydrogens is 346 g/mol. The molecular formula is C24H31N3O. The first-order valence-electron chi connectivity index (χ1n) is 10.4. The van der Waals surface area contributed by atoms with E-state index in [1.807, 2.05) is 30.1 Å². The number of amides is 1. The van der Waals surface area contributed by atoms with E-state index in [0.717, 1.165) is 38.9 Å². The van der Waals surface area contributed by atoms with Crippen LogP contribution < -0.4 is 0 Å². The van der Waals surface area contributed by atoms with Crippen LogP contribution in [0.4, 0.5) is 0 Å². The second-order valence-electron chi connectivity index (χ2n) is 8.37. The van der Waals surface area contributed by atoms with E-state index in [0.29, 0.717) is 13.1 Å². The molecule has 0 radical (unpaired) electrons. The number of piperidine rings is 1. The third-order valence-corrected chi connectivity index (χ3v) is 6.70. The maximum absolute atomic E-state index is 12.7. The van der Waals surface area contributed by atoms with Crippen molar-refractivity contribution in [2.24, 2.45) is 0 Å². The summed E-state index contributed by atoms with van der Waals surface area (Å²) in [6, 6.07) is 19.2. The fraction of sp³-hybridized carbons (Fsp3) is 0.458. The van der Waals surface area contributed by atoms with Gasteiger partial charge in [0.25, 0.3) is 0 Å². The number of hydrogen-bond donors (Lipinski definition) is 0. The van der Waals surface area contributed by atoms with Gasteiger partial charge in [0.1, 0.15) is 0 Å². The Morgan fingerprint density at radius 2 is 1.68 bits per heavy atom. The molecule has 0 N–H and O–H groups in total. The maximum Gasteiger partial charge on any atom is 0.236 e. The number of carbonyl (C=O) groups excluding carboxylic acids is 1. The minimum absolute atomic E-state index is 0.143. The van der Waals surface area contributed by atoms with Gasteiger partial charge in [-0.15, -0.1) is 0 Å². The first-order valence-corrected chi connectivity index (χ1v) is 10.4. The van der Waals surface area contributed by atoms with Crippen LogP contribution in [0.15, 0.2) is 54.6 Å². The molecule has 0 unspecified atom stereocenters. The van der Waals surface area contributed by atoms with Crippen LogP contribution in [0.1, 0.15) is 29.5 Å². The summed E-state index contributed by atoms with van der Waals surface area (Å²) >= 11 is 0. The van der Waals surface area contributed by atoms with Crippen LogP contribution in [0.2, 0.25) is 0 Å². The monoisotopic (exact) mass is 377 g/mol. The van der Waals surface area contributed by atoms with Gasteiger partial charge in [-0.05, 0) is 43.0 Å². The Hall–Kier alpha value is -2.17. The highest BCUT2D eigenvalue weighted by Gasteiger charge is 2.43. The lowest BCUT2D eigenvalue weighted by molar-refractivity contribution is -0.132. The molecule has 1 saturated heterocycles. The van der Waals surface area contributed by atoms with E-state index in [1.165, 1.54) is 16.7 Å². The van der Waals surface area contributed by atoms with Crippen molar-refractivity contribution in [3.05, 3.63) is 71.3 Å². The molecule has 1 amide bonds. The van der Waals surface area contributed by atoms with Gasteiger partial charge in [0.2, 0.25) is 5.91 Å². The van der Waals surface area contributed by atoms with Crippen molar-refractivity contribution in [1.29, 1.82) is 0 Å². The highest BCUT2D eigenvalue weighted by atomic mass is 16.2. The second-order valence-corrected chi connectivity index (χ2v) is 8.37. The Labute approximate surface area is 168 Å². The SMILES string of the molecule is CN(Cc1ccccc1)C(=O)CN1CCC2(CC1)c1ccccc1CCN2C. The Morgan fingerprint density at radius 1 is 1.00 bits per heavy atom. The lowest BCUT2D eigenvalue weighted by Crippen LogP contribution is -2.55. The molecule has 2 aliphatic rings. The molecule has 1 fully saturated rings. The van der Waals surface area contributed by atoms with Crippen LogP contribution in [0.3, 0.4) is 0 Å². The molecule has 0 aliphatic carbocycles. The van der Waals surface area contributed by atoms with Crippen molar-refractivity contribution in [3.8, 4) is 0 Å². The Bertz CT molecular complexity index is 812. The zero-order valence-electron chi connectivity index (χ0n) is 17.1. The second kappa shape index (κ2) is 8.06. The van der Waals surface area contributed by atoms with Gasteiger partial charge in [-0.3, -0.25) is 14.6 Å². The van der Waals surface area contributed by atoms with Crippen LogP contribution >= 0.6 is 0 Å². The molecule has 2 aromatic rings. The third-order valence-electron chi connectivity index (χ3n) is 6.70. The molecule has 28 heavy (non-hydrogen) atoms. The molecule has 0 atom stereocenters. The lowest BCUT2D eigenvalue weighted by atomic mass is 9.74. The van der Waals surface area contributed by atoms with Gasteiger partial charge in [0.05, 0.1) is 6.54 Å². The van der Waals surface area contributed by atoms with Gasteiger partial charge in [-0.2, -0.15) is 0 Å². The number of nitrogens with zero attached hydrogens (tertiary/aromatic N) is 3. The number of benzene rings is 2. The summed E-state index contributed by atoms with van der Waals surface area (Å²) in [6.07, 6.45) is 3.33. The standard InChI is InChI=1S/C24H31N3O/c1-25(18-20-8-4-3-5-9-20)23(28)19-27-16-13-24(14-17-27)22-11-7-6-10-21(22)12-15-26(24)2/h3-11H,12-19H2,1-2H3. The normalized spacial score (nSPS) is 19.4. The zero-order valence-corrected chi connectivity index (χ0v) is 17.1. The van der Waals surface area contributed by atoms with Gasteiger partial charge in [0, 0.05) is 38.8 Å². The average Bonchev–Trinajstić information content (AvgIpc) is 2.73. The Balaban J connectivity index is 1.37. The third kappa shape index (κ3) is 3.71. The van der Waals surface area contributed by atoms with Crippen LogP contribution in [0.25, 0.3) is 0 Å². The molecule has 148 valence electrons. The summed E-state index contributed by atoms with van der Waals surface area (Å²) in [6.45, 7) is 4.27. The largest absolute Gasteiger partial charge is 0.340 e. The summed E-state index contributed by atoms with van der Waals surface area (Å²) in [5, 5.41) is 0. The Kier molecular flexibility index (Phi) is 5.51. The highest BCUT2D eigenvalue weighted by molar-refractivity contribution is 5.78. The summed E-state index contributed by atoms with van der Waals surface area (Å²) in [4.78, 5) is 19.5. The topological polar surface area (TPSA) is 26.8 Å². The molecule has 4 rings (SSSR count). The molecule has 0 bridgehead atoms. The number of likely N-dealkylation sites (N-methyl/N-ethyl adjacent to an activating group) is 2. The number of rotatable bonds is 4. The fourth-order valence-electron chi connectivity index (χ4n) is 4.89. The summed E-state index contributed by atoms with van der Waals surface area (Å²) < 4.78 is 0. The smallest absolute Gasteiger partial charge is 0.236 e. The van der Waals surface area contributed by atoms with Crippen molar-refractivity contribution in [1.82, 2.24) is 14.7 Å². The van der Waals surface area contributed by atoms with E-state index in [9.17, 15) is 4.79 Å². The van der Waals surface area contributed by atoms with Crippen molar-refractivity contribution in [3.63, 3.8) is 0 Å². The Morgan fingerprint density at radius 3 is 2.43 bits per heavy atom. The van der Waals surface area contributed by atoms with Crippen molar-refractivity contribution in [2.45, 2.75) is 31.3 Å². The van der Waals surface area contributed by atoms with E-state index in [-0.39, 0.29) is 11.4 Å². The molecule has 2 heterocycles. The first kappa shape index (κ1) is 19.2. The molecule has 2 aliphatic heterocycles. The lowest BCUT2D eigenvalue weighted by Gasteiger charge is -2.51. The van der Waals surface area contributed by atoms with E-state index < -0.39 is 0 Å². The van der Waals surface area contributed by atoms with E-state index in [2.05, 4.69) is 53.2 Å². The van der Waals surface area contributed by atoms with Gasteiger partial charge in [-0.25, -0.2) is 0 Å². The predicted molar refractivity (Wildman–Crippen MR) is 113 cm³/mol. The van der Waals surface area contributed by atoms with Gasteiger partial charge in [0.15, 0.2) is 0 Å². The molecule has 4 heteroatoms. The summed E-state index contributed by atoms with van der Waals surface area (Å²) in [5.74, 6) is 0.206. The first-order chi connectivity index (χ1) is 13.6. The quantitative estimate of drug-likeness (QED) is 0.819. The van der Waals surface area contributed by atoms with Gasteiger partial charge in [-0.1, -0.05) is 54.6 Å². The molecule has 0 aromatic heterocycles. The predicted octanol–water partition coefficient (Wildman–Crippen LogP) is 3.12. The summed E-state index contributed by atoms with van der Waals surface area (Å²) in [7, 11) is 4.18. The number of carbonyl (C=O) groups is 1. The molecule has 1 spiro atoms. The highest BCUT2D eigenvalue weighted by Crippen LogP contribution is 2.42. The summed E-state index contributed by atoms with van der Waals surface area (Å²) in [5.41, 5.74) is 4.34. The van der Waals surface area contributed by atoms with Crippen molar-refractivity contribution < 1.29 is 4.79 Å². The maximum atomic E-state index is 12.7. The van der Waals surface area contributed by atoms with Crippen LogP contribution in [0.5, 0.6) is 0 Å². The van der Waals surface area contributed by atoms with E-state index in [1.54, 1.807) is 0 Å². The molecule has 2 aromatic carbocycles. The van der Waals surface area contributed by atoms with E-state index in [4.69, 9.17) is 0 Å². The van der Waals surface area contributed by atoms with Gasteiger partial charge >= 0.3 is 0 Å². The van der Waals surface area contributed by atoms with Crippen LogP contribution in [0, 0.1) is 0 Å². The number of hydrogen-bond acceptors (Lipinski definition) is 3. The number of fused-ring (bicyclic) bond motifs is 2. The van der Waals surface area contributed by atoms with Crippen LogP contribution in [-0.4, -0.2) is 60.9 Å². The van der Waals surface area contributed by atoms with Crippen molar-refractivity contribution in [2.75, 3.05) is 40.3 Å². The minimum atomic E-state index is 0.143. The average molecular weight is 378 g/mol. The van der Waals surface area contributed by atoms with E-state index >= 15 is 0 Å². The number of likely N-dealkylation sites (tertiary alicyclic amines) is 1. The molecule has 0 saturated carbocycles. The minimum Gasteiger partial charge on any atom is -0.340 e. The van der Waals surface area contributed by atoms with Crippen LogP contribution in [-0.2, 0) is 23.3 Å². The fourth-order valence-corrected chi connectivity index (χ4v) is 4.89. The molecule has 4 nitrogen and oxygen atoms in total. The van der Waals surface area contributed by atoms with Crippen molar-refractivity contribution >= 4 is 5.91 Å².